The number of benzene rings is 2. The Hall–Kier alpha value is -3.37. The molecule has 0 amide bonds. The van der Waals surface area contributed by atoms with E-state index in [1.165, 1.54) is 12.7 Å². The van der Waals surface area contributed by atoms with Crippen molar-refractivity contribution in [1.82, 2.24) is 19.5 Å². The van der Waals surface area contributed by atoms with Crippen molar-refractivity contribution in [2.75, 3.05) is 12.3 Å². The second-order valence-corrected chi connectivity index (χ2v) is 7.66. The van der Waals surface area contributed by atoms with Crippen molar-refractivity contribution in [3.63, 3.8) is 0 Å². The zero-order valence-electron chi connectivity index (χ0n) is 17.1. The molecule has 0 radical (unpaired) electrons. The van der Waals surface area contributed by atoms with Crippen LogP contribution in [-0.2, 0) is 9.47 Å². The van der Waals surface area contributed by atoms with Crippen molar-refractivity contribution in [3.05, 3.63) is 84.4 Å². The van der Waals surface area contributed by atoms with Crippen molar-refractivity contribution in [2.24, 2.45) is 0 Å². The van der Waals surface area contributed by atoms with Gasteiger partial charge in [-0.1, -0.05) is 60.7 Å². The average Bonchev–Trinajstić information content (AvgIpc) is 3.38. The van der Waals surface area contributed by atoms with Gasteiger partial charge in [0.25, 0.3) is 0 Å². The molecule has 9 heteroatoms. The largest absolute Gasteiger partial charge is 0.387 e. The standard InChI is InChI=1S/C23H23N5O4/c24-21-17-22(26-12-25-21)28(13-27-17)23-19(30)18(29)16(32-23)11-31-20(14-7-3-1-4-8-14)15-9-5-2-6-10-15/h1-10,12-13,16,18-20,23,29-30H,11H2,(H2,24,25,26)/t16-,18-,19-,23-/m1/s1. The summed E-state index contributed by atoms with van der Waals surface area (Å²) in [7, 11) is 0. The Morgan fingerprint density at radius 2 is 1.59 bits per heavy atom. The van der Waals surface area contributed by atoms with Crippen LogP contribution in [0.5, 0.6) is 0 Å². The first-order chi connectivity index (χ1) is 15.6. The van der Waals surface area contributed by atoms with Crippen molar-refractivity contribution in [2.45, 2.75) is 30.6 Å². The van der Waals surface area contributed by atoms with Gasteiger partial charge < -0.3 is 25.4 Å². The molecule has 9 nitrogen and oxygen atoms in total. The summed E-state index contributed by atoms with van der Waals surface area (Å²) in [6.45, 7) is 0.0763. The third kappa shape index (κ3) is 3.71. The minimum atomic E-state index is -1.19. The highest BCUT2D eigenvalue weighted by atomic mass is 16.6. The maximum absolute atomic E-state index is 10.7. The van der Waals surface area contributed by atoms with Crippen molar-refractivity contribution < 1.29 is 19.7 Å². The van der Waals surface area contributed by atoms with E-state index in [0.717, 1.165) is 11.1 Å². The number of aliphatic hydroxyl groups is 2. The summed E-state index contributed by atoms with van der Waals surface area (Å²) in [5.41, 5.74) is 8.64. The number of imidazole rings is 1. The quantitative estimate of drug-likeness (QED) is 0.420. The highest BCUT2D eigenvalue weighted by Crippen LogP contribution is 2.34. The minimum Gasteiger partial charge on any atom is -0.387 e. The number of hydrogen-bond acceptors (Lipinski definition) is 8. The molecule has 1 fully saturated rings. The second kappa shape index (κ2) is 8.64. The molecule has 0 aliphatic carbocycles. The van der Waals surface area contributed by atoms with Gasteiger partial charge in [-0.2, -0.15) is 0 Å². The molecule has 0 bridgehead atoms. The topological polar surface area (TPSA) is 129 Å². The van der Waals surface area contributed by atoms with E-state index in [1.807, 2.05) is 60.7 Å². The Labute approximate surface area is 184 Å². The van der Waals surface area contributed by atoms with Gasteiger partial charge in [0.1, 0.15) is 36.3 Å². The first kappa shape index (κ1) is 20.5. The Morgan fingerprint density at radius 3 is 2.25 bits per heavy atom. The van der Waals surface area contributed by atoms with Crippen LogP contribution in [0.2, 0.25) is 0 Å². The van der Waals surface area contributed by atoms with Gasteiger partial charge >= 0.3 is 0 Å². The predicted octanol–water partition coefficient (Wildman–Crippen LogP) is 1.83. The maximum Gasteiger partial charge on any atom is 0.167 e. The molecule has 1 aliphatic rings. The van der Waals surface area contributed by atoms with Crippen LogP contribution in [-0.4, -0.2) is 54.7 Å². The number of hydrogen-bond donors (Lipinski definition) is 3. The zero-order chi connectivity index (χ0) is 22.1. The summed E-state index contributed by atoms with van der Waals surface area (Å²) in [5, 5.41) is 21.3. The summed E-state index contributed by atoms with van der Waals surface area (Å²) in [6.07, 6.45) is -1.53. The number of fused-ring (bicyclic) bond motifs is 1. The fraction of sp³-hybridized carbons (Fsp3) is 0.261. The number of anilines is 1. The number of nitrogens with two attached hydrogens (primary N) is 1. The molecule has 5 rings (SSSR count). The Balaban J connectivity index is 1.36. The molecule has 2 aromatic carbocycles. The molecule has 164 valence electrons. The molecule has 0 unspecified atom stereocenters. The van der Waals surface area contributed by atoms with E-state index >= 15 is 0 Å². The minimum absolute atomic E-state index is 0.0763. The average molecular weight is 433 g/mol. The number of nitrogen functional groups attached to an aromatic ring is 1. The Morgan fingerprint density at radius 1 is 0.938 bits per heavy atom. The molecule has 1 saturated heterocycles. The second-order valence-electron chi connectivity index (χ2n) is 7.66. The molecule has 0 saturated carbocycles. The van der Waals surface area contributed by atoms with Crippen molar-refractivity contribution in [1.29, 1.82) is 0 Å². The van der Waals surface area contributed by atoms with Gasteiger partial charge in [-0.25, -0.2) is 15.0 Å². The van der Waals surface area contributed by atoms with Gasteiger partial charge in [0.15, 0.2) is 17.7 Å². The molecule has 0 spiro atoms. The summed E-state index contributed by atoms with van der Waals surface area (Å²) < 4.78 is 13.8. The van der Waals surface area contributed by atoms with Crippen LogP contribution in [0.3, 0.4) is 0 Å². The van der Waals surface area contributed by atoms with E-state index in [0.29, 0.717) is 11.2 Å². The molecular weight excluding hydrogens is 410 g/mol. The van der Waals surface area contributed by atoms with Crippen LogP contribution in [0, 0.1) is 0 Å². The van der Waals surface area contributed by atoms with Crippen molar-refractivity contribution in [3.8, 4) is 0 Å². The number of aliphatic hydroxyl groups excluding tert-OH is 2. The first-order valence-electron chi connectivity index (χ1n) is 10.3. The van der Waals surface area contributed by atoms with E-state index in [4.69, 9.17) is 15.2 Å². The summed E-state index contributed by atoms with van der Waals surface area (Å²) in [5.74, 6) is 0.232. The lowest BCUT2D eigenvalue weighted by atomic mass is 10.0. The van der Waals surface area contributed by atoms with E-state index in [-0.39, 0.29) is 18.5 Å². The molecule has 4 atom stereocenters. The lowest BCUT2D eigenvalue weighted by molar-refractivity contribution is -0.0756. The smallest absolute Gasteiger partial charge is 0.167 e. The number of ether oxygens (including phenoxy) is 2. The van der Waals surface area contributed by atoms with Crippen LogP contribution in [0.1, 0.15) is 23.5 Å². The van der Waals surface area contributed by atoms with Crippen LogP contribution in [0.15, 0.2) is 73.3 Å². The molecule has 4 N–H and O–H groups in total. The normalized spacial score (nSPS) is 23.2. The summed E-state index contributed by atoms with van der Waals surface area (Å²) >= 11 is 0. The maximum atomic E-state index is 10.7. The van der Waals surface area contributed by atoms with E-state index in [9.17, 15) is 10.2 Å². The van der Waals surface area contributed by atoms with Gasteiger partial charge in [-0.15, -0.1) is 0 Å². The van der Waals surface area contributed by atoms with Crippen LogP contribution in [0.4, 0.5) is 5.82 Å². The monoisotopic (exact) mass is 433 g/mol. The van der Waals surface area contributed by atoms with Gasteiger partial charge in [0.05, 0.1) is 12.9 Å². The Kier molecular flexibility index (Phi) is 5.54. The molecular formula is C23H23N5O4. The molecule has 2 aromatic heterocycles. The summed E-state index contributed by atoms with van der Waals surface area (Å²) in [6, 6.07) is 19.7. The molecule has 3 heterocycles. The van der Waals surface area contributed by atoms with Gasteiger partial charge in [0.2, 0.25) is 0 Å². The fourth-order valence-electron chi connectivity index (χ4n) is 3.98. The third-order valence-corrected chi connectivity index (χ3v) is 5.63. The Bertz CT molecular complexity index is 1150. The lowest BCUT2D eigenvalue weighted by Gasteiger charge is -2.22. The van der Waals surface area contributed by atoms with E-state index in [2.05, 4.69) is 15.0 Å². The predicted molar refractivity (Wildman–Crippen MR) is 116 cm³/mol. The summed E-state index contributed by atoms with van der Waals surface area (Å²) in [4.78, 5) is 12.3. The fourth-order valence-corrected chi connectivity index (χ4v) is 3.98. The van der Waals surface area contributed by atoms with Gasteiger partial charge in [-0.3, -0.25) is 4.57 Å². The number of nitrogens with zero attached hydrogens (tertiary/aromatic N) is 4. The van der Waals surface area contributed by atoms with E-state index < -0.39 is 24.5 Å². The van der Waals surface area contributed by atoms with E-state index in [1.54, 1.807) is 4.57 Å². The highest BCUT2D eigenvalue weighted by molar-refractivity contribution is 5.81. The van der Waals surface area contributed by atoms with Crippen LogP contribution in [0.25, 0.3) is 11.2 Å². The van der Waals surface area contributed by atoms with Gasteiger partial charge in [0, 0.05) is 0 Å². The van der Waals surface area contributed by atoms with Crippen LogP contribution >= 0.6 is 0 Å². The van der Waals surface area contributed by atoms with Gasteiger partial charge in [-0.05, 0) is 11.1 Å². The SMILES string of the molecule is Nc1ncnc2c1ncn2[C@@H]1O[C@H](COC(c2ccccc2)c2ccccc2)[C@@H](O)[C@H]1O. The highest BCUT2D eigenvalue weighted by Gasteiger charge is 2.44. The number of aromatic nitrogens is 4. The molecule has 4 aromatic rings. The third-order valence-electron chi connectivity index (χ3n) is 5.63. The number of rotatable bonds is 6. The lowest BCUT2D eigenvalue weighted by Crippen LogP contribution is -2.34. The van der Waals surface area contributed by atoms with Crippen molar-refractivity contribution >= 4 is 17.0 Å². The first-order valence-corrected chi connectivity index (χ1v) is 10.3. The zero-order valence-corrected chi connectivity index (χ0v) is 17.1. The molecule has 1 aliphatic heterocycles. The molecule has 32 heavy (non-hydrogen) atoms. The van der Waals surface area contributed by atoms with Crippen LogP contribution < -0.4 is 5.73 Å².